The number of rotatable bonds is 3. The Kier molecular flexibility index (Phi) is 4.59. The van der Waals surface area contributed by atoms with Gasteiger partial charge in [-0.1, -0.05) is 36.4 Å². The first-order valence-electron chi connectivity index (χ1n) is 7.93. The molecule has 0 aromatic heterocycles. The maximum atomic E-state index is 12.1. The molecule has 2 aromatic carbocycles. The number of amides is 2. The van der Waals surface area contributed by atoms with Gasteiger partial charge < -0.3 is 15.5 Å². The maximum absolute atomic E-state index is 12.1. The van der Waals surface area contributed by atoms with Gasteiger partial charge in [0.05, 0.1) is 5.69 Å². The van der Waals surface area contributed by atoms with Crippen molar-refractivity contribution in [1.29, 1.82) is 0 Å². The lowest BCUT2D eigenvalue weighted by Crippen LogP contribution is -2.38. The Morgan fingerprint density at radius 3 is 2.68 bits per heavy atom. The summed E-state index contributed by atoms with van der Waals surface area (Å²) in [7, 11) is 2.15. The lowest BCUT2D eigenvalue weighted by atomic mass is 9.97. The van der Waals surface area contributed by atoms with E-state index in [9.17, 15) is 4.79 Å². The standard InChI is InChI=1S/C18H23N3O/c1-21-11-9-14(10-12-21)13-19-18(22)20-17-8-4-6-15-5-2-3-7-16(15)17/h2-8,14H,9-13H2,1H3,(H2,19,20,22). The molecule has 2 N–H and O–H groups in total. The van der Waals surface area contributed by atoms with Crippen molar-refractivity contribution in [1.82, 2.24) is 10.2 Å². The molecule has 1 heterocycles. The minimum absolute atomic E-state index is 0.115. The molecule has 22 heavy (non-hydrogen) atoms. The van der Waals surface area contributed by atoms with Crippen LogP contribution >= 0.6 is 0 Å². The number of hydrogen-bond donors (Lipinski definition) is 2. The van der Waals surface area contributed by atoms with Crippen LogP contribution in [0.1, 0.15) is 12.8 Å². The second-order valence-corrected chi connectivity index (χ2v) is 6.11. The summed E-state index contributed by atoms with van der Waals surface area (Å²) in [4.78, 5) is 14.5. The normalized spacial score (nSPS) is 16.6. The second-order valence-electron chi connectivity index (χ2n) is 6.11. The Balaban J connectivity index is 1.57. The molecular formula is C18H23N3O. The molecule has 0 saturated carbocycles. The van der Waals surface area contributed by atoms with Crippen molar-refractivity contribution in [3.05, 3.63) is 42.5 Å². The van der Waals surface area contributed by atoms with Crippen LogP contribution in [0.15, 0.2) is 42.5 Å². The highest BCUT2D eigenvalue weighted by Crippen LogP contribution is 2.22. The molecule has 2 amide bonds. The SMILES string of the molecule is CN1CCC(CNC(=O)Nc2cccc3ccccc23)CC1. The predicted molar refractivity (Wildman–Crippen MR) is 91.2 cm³/mol. The van der Waals surface area contributed by atoms with Gasteiger partial charge in [-0.3, -0.25) is 0 Å². The van der Waals surface area contributed by atoms with Gasteiger partial charge in [-0.2, -0.15) is 0 Å². The maximum Gasteiger partial charge on any atom is 0.319 e. The number of urea groups is 1. The molecule has 1 saturated heterocycles. The van der Waals surface area contributed by atoms with E-state index in [1.807, 2.05) is 30.3 Å². The Morgan fingerprint density at radius 2 is 1.86 bits per heavy atom. The van der Waals surface area contributed by atoms with E-state index in [0.29, 0.717) is 5.92 Å². The average Bonchev–Trinajstić information content (AvgIpc) is 2.55. The zero-order valence-corrected chi connectivity index (χ0v) is 13.0. The molecule has 2 aromatic rings. The molecular weight excluding hydrogens is 274 g/mol. The van der Waals surface area contributed by atoms with Crippen LogP contribution < -0.4 is 10.6 Å². The van der Waals surface area contributed by atoms with Gasteiger partial charge in [-0.15, -0.1) is 0 Å². The van der Waals surface area contributed by atoms with Gasteiger partial charge in [0, 0.05) is 11.9 Å². The number of hydrogen-bond acceptors (Lipinski definition) is 2. The predicted octanol–water partition coefficient (Wildman–Crippen LogP) is 3.30. The zero-order chi connectivity index (χ0) is 15.4. The molecule has 0 spiro atoms. The summed E-state index contributed by atoms with van der Waals surface area (Å²) >= 11 is 0. The molecule has 0 bridgehead atoms. The van der Waals surface area contributed by atoms with Crippen molar-refractivity contribution >= 4 is 22.5 Å². The zero-order valence-electron chi connectivity index (χ0n) is 13.0. The molecule has 1 aliphatic heterocycles. The van der Waals surface area contributed by atoms with Crippen molar-refractivity contribution in [3.63, 3.8) is 0 Å². The molecule has 0 aliphatic carbocycles. The van der Waals surface area contributed by atoms with Crippen molar-refractivity contribution in [2.45, 2.75) is 12.8 Å². The van der Waals surface area contributed by atoms with Gasteiger partial charge in [-0.05, 0) is 50.3 Å². The monoisotopic (exact) mass is 297 g/mol. The van der Waals surface area contributed by atoms with Gasteiger partial charge in [0.2, 0.25) is 0 Å². The van der Waals surface area contributed by atoms with Gasteiger partial charge >= 0.3 is 6.03 Å². The third-order valence-corrected chi connectivity index (χ3v) is 4.43. The third-order valence-electron chi connectivity index (χ3n) is 4.43. The van der Waals surface area contributed by atoms with Gasteiger partial charge in [-0.25, -0.2) is 4.79 Å². The van der Waals surface area contributed by atoms with Crippen molar-refractivity contribution in [3.8, 4) is 0 Å². The summed E-state index contributed by atoms with van der Waals surface area (Å²) in [5, 5.41) is 8.19. The molecule has 0 atom stereocenters. The lowest BCUT2D eigenvalue weighted by molar-refractivity contribution is 0.213. The van der Waals surface area contributed by atoms with Crippen molar-refractivity contribution in [2.24, 2.45) is 5.92 Å². The average molecular weight is 297 g/mol. The van der Waals surface area contributed by atoms with Crippen LogP contribution in [0.4, 0.5) is 10.5 Å². The molecule has 4 heteroatoms. The summed E-state index contributed by atoms with van der Waals surface area (Å²) in [6, 6.07) is 13.9. The van der Waals surface area contributed by atoms with Gasteiger partial charge in [0.15, 0.2) is 0 Å². The molecule has 0 unspecified atom stereocenters. The first-order valence-corrected chi connectivity index (χ1v) is 7.93. The molecule has 1 aliphatic rings. The molecule has 116 valence electrons. The molecule has 4 nitrogen and oxygen atoms in total. The first kappa shape index (κ1) is 14.9. The van der Waals surface area contributed by atoms with Crippen LogP contribution in [-0.2, 0) is 0 Å². The van der Waals surface area contributed by atoms with E-state index in [1.54, 1.807) is 0 Å². The van der Waals surface area contributed by atoms with Crippen molar-refractivity contribution < 1.29 is 4.79 Å². The summed E-state index contributed by atoms with van der Waals surface area (Å²) in [6.45, 7) is 3.00. The first-order chi connectivity index (χ1) is 10.7. The number of likely N-dealkylation sites (tertiary alicyclic amines) is 1. The largest absolute Gasteiger partial charge is 0.338 e. The van der Waals surface area contributed by atoms with Crippen LogP contribution in [0.3, 0.4) is 0 Å². The van der Waals surface area contributed by atoms with E-state index >= 15 is 0 Å². The fraction of sp³-hybridized carbons (Fsp3) is 0.389. The Hall–Kier alpha value is -2.07. The lowest BCUT2D eigenvalue weighted by Gasteiger charge is -2.28. The van der Waals surface area contributed by atoms with E-state index in [1.165, 1.54) is 0 Å². The topological polar surface area (TPSA) is 44.4 Å². The van der Waals surface area contributed by atoms with Crippen LogP contribution in [0, 0.1) is 5.92 Å². The quantitative estimate of drug-likeness (QED) is 0.913. The number of nitrogens with zero attached hydrogens (tertiary/aromatic N) is 1. The van der Waals surface area contributed by atoms with Crippen LogP contribution in [-0.4, -0.2) is 37.6 Å². The van der Waals surface area contributed by atoms with Gasteiger partial charge in [0.1, 0.15) is 0 Å². The van der Waals surface area contributed by atoms with Crippen LogP contribution in [0.5, 0.6) is 0 Å². The highest BCUT2D eigenvalue weighted by molar-refractivity contribution is 6.01. The Labute approximate surface area is 131 Å². The van der Waals surface area contributed by atoms with Crippen LogP contribution in [0.2, 0.25) is 0 Å². The van der Waals surface area contributed by atoms with E-state index in [-0.39, 0.29) is 6.03 Å². The number of carbonyl (C=O) groups excluding carboxylic acids is 1. The smallest absolute Gasteiger partial charge is 0.319 e. The van der Waals surface area contributed by atoms with Crippen molar-refractivity contribution in [2.75, 3.05) is 32.0 Å². The highest BCUT2D eigenvalue weighted by atomic mass is 16.2. The Morgan fingerprint density at radius 1 is 1.14 bits per heavy atom. The Bertz CT molecular complexity index is 642. The second kappa shape index (κ2) is 6.79. The number of fused-ring (bicyclic) bond motifs is 1. The van der Waals surface area contributed by atoms with Gasteiger partial charge in [0.25, 0.3) is 0 Å². The highest BCUT2D eigenvalue weighted by Gasteiger charge is 2.17. The minimum Gasteiger partial charge on any atom is -0.338 e. The van der Waals surface area contributed by atoms with E-state index in [2.05, 4.69) is 34.7 Å². The third kappa shape index (κ3) is 3.57. The van der Waals surface area contributed by atoms with E-state index < -0.39 is 0 Å². The van der Waals surface area contributed by atoms with E-state index in [0.717, 1.165) is 48.9 Å². The van der Waals surface area contributed by atoms with Crippen LogP contribution in [0.25, 0.3) is 10.8 Å². The fourth-order valence-corrected chi connectivity index (χ4v) is 3.00. The number of nitrogens with one attached hydrogen (secondary N) is 2. The summed E-state index contributed by atoms with van der Waals surface area (Å²) in [5.41, 5.74) is 0.860. The summed E-state index contributed by atoms with van der Waals surface area (Å²) in [5.74, 6) is 0.592. The number of anilines is 1. The number of benzene rings is 2. The van der Waals surface area contributed by atoms with E-state index in [4.69, 9.17) is 0 Å². The molecule has 3 rings (SSSR count). The fourth-order valence-electron chi connectivity index (χ4n) is 3.00. The molecule has 0 radical (unpaired) electrons. The molecule has 1 fully saturated rings. The number of carbonyl (C=O) groups is 1. The summed E-state index contributed by atoms with van der Waals surface area (Å²) < 4.78 is 0. The summed E-state index contributed by atoms with van der Waals surface area (Å²) in [6.07, 6.45) is 2.32. The number of piperidine rings is 1. The minimum atomic E-state index is -0.115.